The third-order valence-corrected chi connectivity index (χ3v) is 3.49. The standard InChI is InChI=1S/C10H12N4S/c1-6(8-3-12-5-13-4-8)9-7(2)14-10(11)15-9/h3-6H,1-2H3,(H2,11,14). The first-order valence-electron chi connectivity index (χ1n) is 4.66. The normalized spacial score (nSPS) is 12.7. The van der Waals surface area contributed by atoms with Crippen LogP contribution in [0.4, 0.5) is 5.13 Å². The van der Waals surface area contributed by atoms with Gasteiger partial charge in [0, 0.05) is 23.2 Å². The fourth-order valence-corrected chi connectivity index (χ4v) is 2.43. The average molecular weight is 220 g/mol. The number of nitrogens with zero attached hydrogens (tertiary/aromatic N) is 3. The average Bonchev–Trinajstić information content (AvgIpc) is 2.58. The summed E-state index contributed by atoms with van der Waals surface area (Å²) in [5.41, 5.74) is 7.75. The Morgan fingerprint density at radius 2 is 2.00 bits per heavy atom. The largest absolute Gasteiger partial charge is 0.375 e. The molecule has 1 atom stereocenters. The van der Waals surface area contributed by atoms with Crippen LogP contribution in [0.3, 0.4) is 0 Å². The highest BCUT2D eigenvalue weighted by molar-refractivity contribution is 7.15. The maximum Gasteiger partial charge on any atom is 0.180 e. The van der Waals surface area contributed by atoms with Crippen LogP contribution >= 0.6 is 11.3 Å². The van der Waals surface area contributed by atoms with Crippen LogP contribution in [0, 0.1) is 6.92 Å². The van der Waals surface area contributed by atoms with E-state index in [9.17, 15) is 0 Å². The predicted octanol–water partition coefficient (Wildman–Crippen LogP) is 1.98. The van der Waals surface area contributed by atoms with E-state index in [0.717, 1.165) is 11.3 Å². The SMILES string of the molecule is Cc1nc(N)sc1C(C)c1cncnc1. The van der Waals surface area contributed by atoms with Crippen LogP contribution < -0.4 is 5.73 Å². The summed E-state index contributed by atoms with van der Waals surface area (Å²) >= 11 is 1.53. The lowest BCUT2D eigenvalue weighted by molar-refractivity contribution is 0.899. The first-order valence-corrected chi connectivity index (χ1v) is 5.48. The van der Waals surface area contributed by atoms with Gasteiger partial charge in [0.05, 0.1) is 5.69 Å². The van der Waals surface area contributed by atoms with Gasteiger partial charge in [0.2, 0.25) is 0 Å². The molecule has 0 bridgehead atoms. The van der Waals surface area contributed by atoms with Crippen molar-refractivity contribution in [2.75, 3.05) is 5.73 Å². The van der Waals surface area contributed by atoms with E-state index in [1.807, 2.05) is 19.3 Å². The number of aryl methyl sites for hydroxylation is 1. The molecule has 15 heavy (non-hydrogen) atoms. The van der Waals surface area contributed by atoms with E-state index in [1.165, 1.54) is 22.5 Å². The lowest BCUT2D eigenvalue weighted by Crippen LogP contribution is -1.96. The fraction of sp³-hybridized carbons (Fsp3) is 0.300. The van der Waals surface area contributed by atoms with Gasteiger partial charge in [-0.1, -0.05) is 6.92 Å². The molecule has 0 aliphatic rings. The highest BCUT2D eigenvalue weighted by Crippen LogP contribution is 2.31. The van der Waals surface area contributed by atoms with E-state index < -0.39 is 0 Å². The van der Waals surface area contributed by atoms with Crippen molar-refractivity contribution >= 4 is 16.5 Å². The summed E-state index contributed by atoms with van der Waals surface area (Å²) in [7, 11) is 0. The van der Waals surface area contributed by atoms with Gasteiger partial charge in [0.15, 0.2) is 5.13 Å². The molecule has 0 fully saturated rings. The summed E-state index contributed by atoms with van der Waals surface area (Å²) in [6.45, 7) is 4.08. The number of rotatable bonds is 2. The number of anilines is 1. The Balaban J connectivity index is 2.36. The summed E-state index contributed by atoms with van der Waals surface area (Å²) in [6, 6.07) is 0. The second-order valence-corrected chi connectivity index (χ2v) is 4.46. The number of thiazole rings is 1. The smallest absolute Gasteiger partial charge is 0.180 e. The summed E-state index contributed by atoms with van der Waals surface area (Å²) in [5.74, 6) is 0.251. The van der Waals surface area contributed by atoms with Crippen LogP contribution in [0.25, 0.3) is 0 Å². The van der Waals surface area contributed by atoms with Crippen molar-refractivity contribution in [1.29, 1.82) is 0 Å². The first-order chi connectivity index (χ1) is 7.18. The van der Waals surface area contributed by atoms with Crippen LogP contribution in [-0.2, 0) is 0 Å². The summed E-state index contributed by atoms with van der Waals surface area (Å²) in [5, 5.41) is 0.617. The zero-order valence-corrected chi connectivity index (χ0v) is 9.45. The lowest BCUT2D eigenvalue weighted by Gasteiger charge is -2.08. The third kappa shape index (κ3) is 1.97. The quantitative estimate of drug-likeness (QED) is 0.840. The molecule has 2 heterocycles. The van der Waals surface area contributed by atoms with Crippen molar-refractivity contribution in [1.82, 2.24) is 15.0 Å². The molecular formula is C10H12N4S. The van der Waals surface area contributed by atoms with Gasteiger partial charge in [0.1, 0.15) is 6.33 Å². The van der Waals surface area contributed by atoms with Crippen molar-refractivity contribution in [3.05, 3.63) is 34.9 Å². The van der Waals surface area contributed by atoms with Gasteiger partial charge < -0.3 is 5.73 Å². The topological polar surface area (TPSA) is 64.7 Å². The van der Waals surface area contributed by atoms with Crippen LogP contribution in [0.5, 0.6) is 0 Å². The number of aromatic nitrogens is 3. The second kappa shape index (κ2) is 3.94. The Labute approximate surface area is 92.2 Å². The Hall–Kier alpha value is -1.49. The molecule has 4 nitrogen and oxygen atoms in total. The highest BCUT2D eigenvalue weighted by Gasteiger charge is 2.15. The molecule has 2 N–H and O–H groups in total. The van der Waals surface area contributed by atoms with Crippen LogP contribution in [-0.4, -0.2) is 15.0 Å². The van der Waals surface area contributed by atoms with Gasteiger partial charge in [0.25, 0.3) is 0 Å². The van der Waals surface area contributed by atoms with Crippen molar-refractivity contribution < 1.29 is 0 Å². The molecule has 0 aromatic carbocycles. The van der Waals surface area contributed by atoms with Gasteiger partial charge in [-0.3, -0.25) is 0 Å². The maximum absolute atomic E-state index is 5.67. The lowest BCUT2D eigenvalue weighted by atomic mass is 10.0. The number of nitrogens with two attached hydrogens (primary N) is 1. The van der Waals surface area contributed by atoms with E-state index in [2.05, 4.69) is 21.9 Å². The van der Waals surface area contributed by atoms with Crippen LogP contribution in [0.1, 0.15) is 29.0 Å². The second-order valence-electron chi connectivity index (χ2n) is 3.40. The Kier molecular flexibility index (Phi) is 2.64. The van der Waals surface area contributed by atoms with E-state index in [1.54, 1.807) is 0 Å². The van der Waals surface area contributed by atoms with Gasteiger partial charge in [-0.05, 0) is 12.5 Å². The molecule has 0 aliphatic carbocycles. The molecule has 2 aromatic heterocycles. The van der Waals surface area contributed by atoms with Crippen LogP contribution in [0.15, 0.2) is 18.7 Å². The zero-order chi connectivity index (χ0) is 10.8. The Morgan fingerprint density at radius 3 is 2.53 bits per heavy atom. The molecular weight excluding hydrogens is 208 g/mol. The number of hydrogen-bond acceptors (Lipinski definition) is 5. The molecule has 0 radical (unpaired) electrons. The van der Waals surface area contributed by atoms with E-state index >= 15 is 0 Å². The molecule has 2 aromatic rings. The third-order valence-electron chi connectivity index (χ3n) is 2.32. The molecule has 0 saturated heterocycles. The van der Waals surface area contributed by atoms with Gasteiger partial charge in [-0.15, -0.1) is 11.3 Å². The monoisotopic (exact) mass is 220 g/mol. The van der Waals surface area contributed by atoms with Gasteiger partial charge >= 0.3 is 0 Å². The molecule has 0 aliphatic heterocycles. The molecule has 1 unspecified atom stereocenters. The molecule has 2 rings (SSSR count). The number of hydrogen-bond donors (Lipinski definition) is 1. The summed E-state index contributed by atoms with van der Waals surface area (Å²) in [4.78, 5) is 13.4. The molecule has 0 amide bonds. The Bertz CT molecular complexity index is 452. The first kappa shape index (κ1) is 10.0. The fourth-order valence-electron chi connectivity index (χ4n) is 1.52. The number of nitrogen functional groups attached to an aromatic ring is 1. The van der Waals surface area contributed by atoms with E-state index in [-0.39, 0.29) is 5.92 Å². The minimum absolute atomic E-state index is 0.251. The Morgan fingerprint density at radius 1 is 1.33 bits per heavy atom. The summed E-state index contributed by atoms with van der Waals surface area (Å²) < 4.78 is 0. The van der Waals surface area contributed by atoms with Crippen molar-refractivity contribution in [3.63, 3.8) is 0 Å². The van der Waals surface area contributed by atoms with E-state index in [4.69, 9.17) is 5.73 Å². The predicted molar refractivity (Wildman–Crippen MR) is 60.8 cm³/mol. The maximum atomic E-state index is 5.67. The zero-order valence-electron chi connectivity index (χ0n) is 8.64. The minimum atomic E-state index is 0.251. The minimum Gasteiger partial charge on any atom is -0.375 e. The van der Waals surface area contributed by atoms with Gasteiger partial charge in [-0.2, -0.15) is 0 Å². The molecule has 5 heteroatoms. The van der Waals surface area contributed by atoms with Crippen molar-refractivity contribution in [2.24, 2.45) is 0 Å². The molecule has 78 valence electrons. The van der Waals surface area contributed by atoms with Crippen molar-refractivity contribution in [2.45, 2.75) is 19.8 Å². The van der Waals surface area contributed by atoms with Crippen LogP contribution in [0.2, 0.25) is 0 Å². The summed E-state index contributed by atoms with van der Waals surface area (Å²) in [6.07, 6.45) is 5.18. The highest BCUT2D eigenvalue weighted by atomic mass is 32.1. The van der Waals surface area contributed by atoms with Crippen molar-refractivity contribution in [3.8, 4) is 0 Å². The molecule has 0 saturated carbocycles. The molecule has 0 spiro atoms. The van der Waals surface area contributed by atoms with Gasteiger partial charge in [-0.25, -0.2) is 15.0 Å². The van der Waals surface area contributed by atoms with E-state index in [0.29, 0.717) is 5.13 Å².